The third-order valence-electron chi connectivity index (χ3n) is 9.06. The zero-order valence-corrected chi connectivity index (χ0v) is 17.1. The molecule has 0 aromatic carbocycles. The van der Waals surface area contributed by atoms with Crippen LogP contribution in [0, 0.1) is 33.5 Å². The molecular weight excluding hydrogens is 292 g/mol. The van der Waals surface area contributed by atoms with Crippen LogP contribution in [0.25, 0.3) is 0 Å². The maximum atomic E-state index is 12.6. The molecule has 0 aromatic heterocycles. The van der Waals surface area contributed by atoms with Crippen LogP contribution in [0.4, 0.5) is 0 Å². The summed E-state index contributed by atoms with van der Waals surface area (Å²) in [4.78, 5) is 12.6. The molecule has 0 saturated heterocycles. The van der Waals surface area contributed by atoms with Crippen LogP contribution in [0.5, 0.6) is 0 Å². The lowest BCUT2D eigenvalue weighted by Gasteiger charge is -2.65. The molecule has 4 atom stereocenters. The van der Waals surface area contributed by atoms with Gasteiger partial charge in [0.2, 0.25) is 0 Å². The molecule has 3 rings (SSSR count). The van der Waals surface area contributed by atoms with E-state index < -0.39 is 0 Å². The van der Waals surface area contributed by atoms with Crippen molar-refractivity contribution in [2.24, 2.45) is 33.5 Å². The fourth-order valence-electron chi connectivity index (χ4n) is 7.02. The molecule has 3 aliphatic rings. The second-order valence-electron chi connectivity index (χ2n) is 10.5. The first-order valence-corrected chi connectivity index (χ1v) is 10.3. The molecule has 0 spiro atoms. The van der Waals surface area contributed by atoms with E-state index in [2.05, 4.69) is 54.5 Å². The predicted molar refractivity (Wildman–Crippen MR) is 102 cm³/mol. The summed E-state index contributed by atoms with van der Waals surface area (Å²) in [5.74, 6) is 1.81. The molecule has 1 heteroatoms. The SMILES string of the molecule is CCC[C@H]1CC=C2[C@@]3(C)CCC(=O)C(C)(C)[C@@H]3CC[C@@]2(C)C1(C)C. The first-order valence-electron chi connectivity index (χ1n) is 10.3. The topological polar surface area (TPSA) is 17.1 Å². The summed E-state index contributed by atoms with van der Waals surface area (Å²) < 4.78 is 0. The van der Waals surface area contributed by atoms with Gasteiger partial charge in [-0.2, -0.15) is 0 Å². The fraction of sp³-hybridized carbons (Fsp3) is 0.870. The lowest BCUT2D eigenvalue weighted by atomic mass is 9.39. The Morgan fingerprint density at radius 2 is 1.75 bits per heavy atom. The van der Waals surface area contributed by atoms with Gasteiger partial charge in [-0.15, -0.1) is 0 Å². The standard InChI is InChI=1S/C23H38O/c1-8-9-16-10-11-18-22(6)14-13-19(24)20(2,3)17(22)12-15-23(18,7)21(16,4)5/h11,16-17H,8-10,12-15H2,1-7H3/t16-,17-,22-,23+/m0/s1. The van der Waals surface area contributed by atoms with Crippen LogP contribution in [-0.2, 0) is 4.79 Å². The molecule has 136 valence electrons. The van der Waals surface area contributed by atoms with E-state index in [9.17, 15) is 4.79 Å². The number of carbonyl (C=O) groups is 1. The number of Topliss-reactive ketones (excluding diaryl/α,β-unsaturated/α-hetero) is 1. The van der Waals surface area contributed by atoms with Gasteiger partial charge in [0.25, 0.3) is 0 Å². The van der Waals surface area contributed by atoms with Crippen molar-refractivity contribution in [2.75, 3.05) is 0 Å². The van der Waals surface area contributed by atoms with Crippen LogP contribution in [0.3, 0.4) is 0 Å². The van der Waals surface area contributed by atoms with Crippen molar-refractivity contribution < 1.29 is 4.79 Å². The number of hydrogen-bond donors (Lipinski definition) is 0. The van der Waals surface area contributed by atoms with Gasteiger partial charge >= 0.3 is 0 Å². The maximum Gasteiger partial charge on any atom is 0.138 e. The van der Waals surface area contributed by atoms with Crippen molar-refractivity contribution in [3.05, 3.63) is 11.6 Å². The zero-order chi connectivity index (χ0) is 18.0. The molecule has 24 heavy (non-hydrogen) atoms. The lowest BCUT2D eigenvalue weighted by Crippen LogP contribution is -2.58. The van der Waals surface area contributed by atoms with Gasteiger partial charge in [0.1, 0.15) is 5.78 Å². The van der Waals surface area contributed by atoms with E-state index >= 15 is 0 Å². The zero-order valence-electron chi connectivity index (χ0n) is 17.1. The first kappa shape index (κ1) is 18.2. The summed E-state index contributed by atoms with van der Waals surface area (Å²) in [6.07, 6.45) is 10.8. The Balaban J connectivity index is 2.07. The average Bonchev–Trinajstić information content (AvgIpc) is 2.48. The molecule has 0 bridgehead atoms. The van der Waals surface area contributed by atoms with E-state index in [1.54, 1.807) is 5.57 Å². The number of hydrogen-bond acceptors (Lipinski definition) is 1. The second-order valence-corrected chi connectivity index (χ2v) is 10.5. The van der Waals surface area contributed by atoms with Crippen LogP contribution >= 0.6 is 0 Å². The number of carbonyl (C=O) groups excluding carboxylic acids is 1. The van der Waals surface area contributed by atoms with Crippen molar-refractivity contribution in [3.63, 3.8) is 0 Å². The Hall–Kier alpha value is -0.590. The number of ketones is 1. The smallest absolute Gasteiger partial charge is 0.138 e. The van der Waals surface area contributed by atoms with E-state index in [1.165, 1.54) is 32.1 Å². The van der Waals surface area contributed by atoms with E-state index in [1.807, 2.05) is 0 Å². The fourth-order valence-corrected chi connectivity index (χ4v) is 7.02. The molecule has 0 aliphatic heterocycles. The van der Waals surface area contributed by atoms with Gasteiger partial charge < -0.3 is 0 Å². The van der Waals surface area contributed by atoms with E-state index in [-0.39, 0.29) is 10.8 Å². The monoisotopic (exact) mass is 330 g/mol. The van der Waals surface area contributed by atoms with E-state index in [4.69, 9.17) is 0 Å². The summed E-state index contributed by atoms with van der Waals surface area (Å²) >= 11 is 0. The van der Waals surface area contributed by atoms with Crippen LogP contribution in [-0.4, -0.2) is 5.78 Å². The predicted octanol–water partition coefficient (Wildman–Crippen LogP) is 6.57. The van der Waals surface area contributed by atoms with Crippen molar-refractivity contribution in [3.8, 4) is 0 Å². The van der Waals surface area contributed by atoms with Gasteiger partial charge in [0.05, 0.1) is 0 Å². The highest BCUT2D eigenvalue weighted by Crippen LogP contribution is 2.70. The van der Waals surface area contributed by atoms with E-state index in [0.29, 0.717) is 22.5 Å². The Bertz CT molecular complexity index is 567. The Labute approximate surface area is 149 Å². The van der Waals surface area contributed by atoms with Crippen molar-refractivity contribution in [1.82, 2.24) is 0 Å². The number of rotatable bonds is 2. The molecule has 0 radical (unpaired) electrons. The quantitative estimate of drug-likeness (QED) is 0.523. The molecule has 0 unspecified atom stereocenters. The third-order valence-corrected chi connectivity index (χ3v) is 9.06. The molecule has 1 nitrogen and oxygen atoms in total. The number of fused-ring (bicyclic) bond motifs is 3. The number of allylic oxidation sites excluding steroid dienone is 2. The molecule has 0 aromatic rings. The summed E-state index contributed by atoms with van der Waals surface area (Å²) in [5.41, 5.74) is 2.43. The van der Waals surface area contributed by atoms with E-state index in [0.717, 1.165) is 18.8 Å². The molecule has 2 saturated carbocycles. The molecule has 0 heterocycles. The van der Waals surface area contributed by atoms with Crippen LogP contribution in [0.1, 0.15) is 93.4 Å². The van der Waals surface area contributed by atoms with Crippen LogP contribution in [0.15, 0.2) is 11.6 Å². The van der Waals surface area contributed by atoms with Crippen molar-refractivity contribution >= 4 is 5.78 Å². The minimum Gasteiger partial charge on any atom is -0.299 e. The Kier molecular flexibility index (Phi) is 4.14. The first-order chi connectivity index (χ1) is 11.0. The highest BCUT2D eigenvalue weighted by atomic mass is 16.1. The van der Waals surface area contributed by atoms with Gasteiger partial charge in [0.15, 0.2) is 0 Å². The second kappa shape index (κ2) is 5.45. The van der Waals surface area contributed by atoms with Gasteiger partial charge in [-0.05, 0) is 60.2 Å². The lowest BCUT2D eigenvalue weighted by molar-refractivity contribution is -0.144. The van der Waals surface area contributed by atoms with Crippen molar-refractivity contribution in [1.29, 1.82) is 0 Å². The highest BCUT2D eigenvalue weighted by Gasteiger charge is 2.62. The maximum absolute atomic E-state index is 12.6. The Morgan fingerprint density at radius 3 is 2.38 bits per heavy atom. The summed E-state index contributed by atoms with van der Waals surface area (Å²) in [7, 11) is 0. The summed E-state index contributed by atoms with van der Waals surface area (Å²) in [6, 6.07) is 0. The summed E-state index contributed by atoms with van der Waals surface area (Å²) in [6.45, 7) is 16.9. The average molecular weight is 331 g/mol. The normalized spacial score (nSPS) is 43.6. The van der Waals surface area contributed by atoms with Crippen molar-refractivity contribution in [2.45, 2.75) is 93.4 Å². The van der Waals surface area contributed by atoms with Gasteiger partial charge in [-0.1, -0.05) is 66.5 Å². The molecule has 3 aliphatic carbocycles. The van der Waals surface area contributed by atoms with Crippen LogP contribution < -0.4 is 0 Å². The molecule has 0 N–H and O–H groups in total. The summed E-state index contributed by atoms with van der Waals surface area (Å²) in [5, 5.41) is 0. The Morgan fingerprint density at radius 1 is 1.08 bits per heavy atom. The minimum absolute atomic E-state index is 0.153. The third kappa shape index (κ3) is 2.15. The highest BCUT2D eigenvalue weighted by molar-refractivity contribution is 5.85. The molecule has 0 amide bonds. The minimum atomic E-state index is -0.153. The molecular formula is C23H38O. The van der Waals surface area contributed by atoms with Gasteiger partial charge in [-0.25, -0.2) is 0 Å². The van der Waals surface area contributed by atoms with Gasteiger partial charge in [0, 0.05) is 11.8 Å². The molecule has 2 fully saturated rings. The van der Waals surface area contributed by atoms with Crippen LogP contribution in [0.2, 0.25) is 0 Å². The largest absolute Gasteiger partial charge is 0.299 e. The van der Waals surface area contributed by atoms with Gasteiger partial charge in [-0.3, -0.25) is 4.79 Å².